The minimum atomic E-state index is -0.933. The van der Waals surface area contributed by atoms with Gasteiger partial charge in [0.15, 0.2) is 11.5 Å². The standard InChI is InChI=1S/C14H20O5/c1-5-10(14(16)19-4)13(15)9-6-7-11(17-2)12(8-9)18-3/h6-8,10,13,15H,5H2,1-4H3. The van der Waals surface area contributed by atoms with Crippen LogP contribution in [0.4, 0.5) is 0 Å². The average Bonchev–Trinajstić information content (AvgIpc) is 2.46. The number of rotatable bonds is 6. The Kier molecular flexibility index (Phi) is 5.63. The van der Waals surface area contributed by atoms with Gasteiger partial charge in [-0.2, -0.15) is 0 Å². The fourth-order valence-electron chi connectivity index (χ4n) is 1.94. The van der Waals surface area contributed by atoms with Gasteiger partial charge in [0.05, 0.1) is 33.4 Å². The summed E-state index contributed by atoms with van der Waals surface area (Å²) in [6.07, 6.45) is -0.445. The summed E-state index contributed by atoms with van der Waals surface area (Å²) in [5.74, 6) is 0.0659. The zero-order chi connectivity index (χ0) is 14.4. The third-order valence-corrected chi connectivity index (χ3v) is 3.07. The van der Waals surface area contributed by atoms with Crippen molar-refractivity contribution >= 4 is 5.97 Å². The van der Waals surface area contributed by atoms with E-state index in [0.29, 0.717) is 23.5 Å². The molecule has 0 radical (unpaired) electrons. The van der Waals surface area contributed by atoms with E-state index in [9.17, 15) is 9.90 Å². The summed E-state index contributed by atoms with van der Waals surface area (Å²) in [5, 5.41) is 10.3. The number of benzene rings is 1. The summed E-state index contributed by atoms with van der Waals surface area (Å²) in [5.41, 5.74) is 0.593. The molecule has 0 aliphatic heterocycles. The molecule has 0 amide bonds. The largest absolute Gasteiger partial charge is 0.493 e. The van der Waals surface area contributed by atoms with E-state index >= 15 is 0 Å². The molecule has 0 aliphatic rings. The minimum Gasteiger partial charge on any atom is -0.493 e. The molecule has 2 unspecified atom stereocenters. The van der Waals surface area contributed by atoms with Crippen molar-refractivity contribution in [2.75, 3.05) is 21.3 Å². The lowest BCUT2D eigenvalue weighted by molar-refractivity contribution is -0.149. The molecule has 0 fully saturated rings. The Hall–Kier alpha value is -1.75. The second-order valence-corrected chi connectivity index (χ2v) is 4.10. The number of carbonyl (C=O) groups excluding carboxylic acids is 1. The lowest BCUT2D eigenvalue weighted by Crippen LogP contribution is -2.23. The van der Waals surface area contributed by atoms with Gasteiger partial charge in [-0.25, -0.2) is 0 Å². The van der Waals surface area contributed by atoms with Crippen LogP contribution in [-0.2, 0) is 9.53 Å². The number of methoxy groups -OCH3 is 3. The van der Waals surface area contributed by atoms with Crippen molar-refractivity contribution in [3.63, 3.8) is 0 Å². The molecule has 1 aromatic rings. The third-order valence-electron chi connectivity index (χ3n) is 3.07. The molecule has 2 atom stereocenters. The number of esters is 1. The number of hydrogen-bond acceptors (Lipinski definition) is 5. The first-order valence-corrected chi connectivity index (χ1v) is 6.06. The van der Waals surface area contributed by atoms with Gasteiger partial charge in [-0.1, -0.05) is 13.0 Å². The average molecular weight is 268 g/mol. The van der Waals surface area contributed by atoms with Crippen LogP contribution in [0.15, 0.2) is 18.2 Å². The lowest BCUT2D eigenvalue weighted by Gasteiger charge is -2.20. The summed E-state index contributed by atoms with van der Waals surface area (Å²) in [4.78, 5) is 11.6. The number of aliphatic hydroxyl groups excluding tert-OH is 1. The van der Waals surface area contributed by atoms with Crippen LogP contribution < -0.4 is 9.47 Å². The quantitative estimate of drug-likeness (QED) is 0.799. The van der Waals surface area contributed by atoms with E-state index in [-0.39, 0.29) is 0 Å². The summed E-state index contributed by atoms with van der Waals surface area (Å²) in [6, 6.07) is 5.06. The Bertz CT molecular complexity index is 430. The fraction of sp³-hybridized carbons (Fsp3) is 0.500. The van der Waals surface area contributed by atoms with E-state index in [1.54, 1.807) is 18.2 Å². The maximum Gasteiger partial charge on any atom is 0.311 e. The first-order valence-electron chi connectivity index (χ1n) is 6.06. The van der Waals surface area contributed by atoms with Gasteiger partial charge in [-0.05, 0) is 24.1 Å². The Labute approximate surface area is 113 Å². The highest BCUT2D eigenvalue weighted by Crippen LogP contribution is 2.33. The van der Waals surface area contributed by atoms with E-state index in [1.807, 2.05) is 6.92 Å². The van der Waals surface area contributed by atoms with Gasteiger partial charge in [-0.3, -0.25) is 4.79 Å². The minimum absolute atomic E-state index is 0.426. The number of hydrogen-bond donors (Lipinski definition) is 1. The van der Waals surface area contributed by atoms with E-state index in [4.69, 9.17) is 14.2 Å². The van der Waals surface area contributed by atoms with E-state index in [2.05, 4.69) is 0 Å². The zero-order valence-electron chi connectivity index (χ0n) is 11.7. The van der Waals surface area contributed by atoms with Crippen molar-refractivity contribution in [1.82, 2.24) is 0 Å². The summed E-state index contributed by atoms with van der Waals surface area (Å²) >= 11 is 0. The predicted octanol–water partition coefficient (Wildman–Crippen LogP) is 1.94. The molecule has 0 saturated carbocycles. The Balaban J connectivity index is 3.04. The van der Waals surface area contributed by atoms with Crippen LogP contribution in [-0.4, -0.2) is 32.4 Å². The molecule has 5 nitrogen and oxygen atoms in total. The van der Waals surface area contributed by atoms with Gasteiger partial charge in [-0.15, -0.1) is 0 Å². The maximum absolute atomic E-state index is 11.6. The summed E-state index contributed by atoms with van der Waals surface area (Å²) < 4.78 is 15.0. The van der Waals surface area contributed by atoms with Crippen molar-refractivity contribution in [2.45, 2.75) is 19.4 Å². The van der Waals surface area contributed by atoms with E-state index < -0.39 is 18.0 Å². The lowest BCUT2D eigenvalue weighted by atomic mass is 9.93. The first-order chi connectivity index (χ1) is 9.08. The Morgan fingerprint density at radius 1 is 1.21 bits per heavy atom. The normalized spacial score (nSPS) is 13.5. The van der Waals surface area contributed by atoms with Crippen LogP contribution in [0.3, 0.4) is 0 Å². The molecule has 0 saturated heterocycles. The van der Waals surface area contributed by atoms with Crippen molar-refractivity contribution in [3.05, 3.63) is 23.8 Å². The van der Waals surface area contributed by atoms with E-state index in [0.717, 1.165) is 0 Å². The summed E-state index contributed by atoms with van der Waals surface area (Å²) in [7, 11) is 4.37. The molecule has 0 spiro atoms. The Morgan fingerprint density at radius 3 is 2.32 bits per heavy atom. The van der Waals surface area contributed by atoms with Crippen molar-refractivity contribution in [3.8, 4) is 11.5 Å². The van der Waals surface area contributed by atoms with Crippen LogP contribution in [0, 0.1) is 5.92 Å². The van der Waals surface area contributed by atoms with Gasteiger partial charge in [0.1, 0.15) is 0 Å². The van der Waals surface area contributed by atoms with Gasteiger partial charge >= 0.3 is 5.97 Å². The van der Waals surface area contributed by atoms with Crippen molar-refractivity contribution in [1.29, 1.82) is 0 Å². The predicted molar refractivity (Wildman–Crippen MR) is 70.3 cm³/mol. The topological polar surface area (TPSA) is 65.0 Å². The third kappa shape index (κ3) is 3.38. The highest BCUT2D eigenvalue weighted by atomic mass is 16.5. The summed E-state index contributed by atoms with van der Waals surface area (Å²) in [6.45, 7) is 1.82. The van der Waals surface area contributed by atoms with Crippen molar-refractivity contribution in [2.24, 2.45) is 5.92 Å². The van der Waals surface area contributed by atoms with Gasteiger partial charge in [0.25, 0.3) is 0 Å². The number of aliphatic hydroxyl groups is 1. The first kappa shape index (κ1) is 15.3. The zero-order valence-corrected chi connectivity index (χ0v) is 11.7. The van der Waals surface area contributed by atoms with E-state index in [1.165, 1.54) is 21.3 Å². The number of carbonyl (C=O) groups is 1. The molecular formula is C14H20O5. The monoisotopic (exact) mass is 268 g/mol. The molecule has 106 valence electrons. The molecule has 0 heterocycles. The fourth-order valence-corrected chi connectivity index (χ4v) is 1.94. The highest BCUT2D eigenvalue weighted by Gasteiger charge is 2.27. The molecule has 19 heavy (non-hydrogen) atoms. The van der Waals surface area contributed by atoms with Crippen LogP contribution in [0.2, 0.25) is 0 Å². The van der Waals surface area contributed by atoms with Crippen LogP contribution >= 0.6 is 0 Å². The second-order valence-electron chi connectivity index (χ2n) is 4.10. The molecule has 1 N–H and O–H groups in total. The van der Waals surface area contributed by atoms with Crippen LogP contribution in [0.1, 0.15) is 25.0 Å². The molecule has 0 aromatic heterocycles. The highest BCUT2D eigenvalue weighted by molar-refractivity contribution is 5.73. The second kappa shape index (κ2) is 6.99. The molecule has 5 heteroatoms. The van der Waals surface area contributed by atoms with Gasteiger partial charge in [0.2, 0.25) is 0 Å². The number of ether oxygens (including phenoxy) is 3. The maximum atomic E-state index is 11.6. The Morgan fingerprint density at radius 2 is 1.84 bits per heavy atom. The van der Waals surface area contributed by atoms with Gasteiger partial charge < -0.3 is 19.3 Å². The van der Waals surface area contributed by atoms with Crippen molar-refractivity contribution < 1.29 is 24.1 Å². The van der Waals surface area contributed by atoms with Crippen LogP contribution in [0.5, 0.6) is 11.5 Å². The SMILES string of the molecule is CCC(C(=O)OC)C(O)c1ccc(OC)c(OC)c1. The van der Waals surface area contributed by atoms with Crippen LogP contribution in [0.25, 0.3) is 0 Å². The molecular weight excluding hydrogens is 248 g/mol. The van der Waals surface area contributed by atoms with Gasteiger partial charge in [0, 0.05) is 0 Å². The molecule has 1 rings (SSSR count). The smallest absolute Gasteiger partial charge is 0.311 e. The molecule has 0 bridgehead atoms. The molecule has 1 aromatic carbocycles. The molecule has 0 aliphatic carbocycles.